The van der Waals surface area contributed by atoms with Crippen LogP contribution in [0.1, 0.15) is 6.92 Å². The van der Waals surface area contributed by atoms with Crippen LogP contribution in [-0.2, 0) is 33.3 Å². The maximum absolute atomic E-state index is 13.5. The van der Waals surface area contributed by atoms with Gasteiger partial charge in [-0.25, -0.2) is 23.8 Å². The normalized spacial score (nSPS) is 15.6. The molecular formula is C17H11F19O8. The van der Waals surface area contributed by atoms with Crippen molar-refractivity contribution in [1.82, 2.24) is 0 Å². The van der Waals surface area contributed by atoms with E-state index in [1.165, 1.54) is 4.74 Å². The average molecular weight is 704 g/mol. The Hall–Kier alpha value is -2.81. The van der Waals surface area contributed by atoms with Gasteiger partial charge in [0.25, 0.3) is 0 Å². The molecule has 0 aromatic rings. The Bertz CT molecular complexity index is 1060. The Morgan fingerprint density at radius 1 is 0.591 bits per heavy atom. The van der Waals surface area contributed by atoms with E-state index in [1.54, 1.807) is 0 Å². The summed E-state index contributed by atoms with van der Waals surface area (Å²) in [4.78, 5) is 22.2. The molecule has 0 aromatic heterocycles. The monoisotopic (exact) mass is 704 g/mol. The predicted molar refractivity (Wildman–Crippen MR) is 91.6 cm³/mol. The number of rotatable bonds is 16. The van der Waals surface area contributed by atoms with Gasteiger partial charge in [0.1, 0.15) is 19.3 Å². The molecule has 0 bridgehead atoms. The fourth-order valence-electron chi connectivity index (χ4n) is 1.79. The number of hydrogen-bond acceptors (Lipinski definition) is 8. The Kier molecular flexibility index (Phi) is 11.7. The van der Waals surface area contributed by atoms with Crippen molar-refractivity contribution in [2.24, 2.45) is 0 Å². The van der Waals surface area contributed by atoms with E-state index in [-0.39, 0.29) is 5.57 Å². The van der Waals surface area contributed by atoms with Gasteiger partial charge < -0.3 is 14.6 Å². The first-order valence-corrected chi connectivity index (χ1v) is 9.89. The Morgan fingerprint density at radius 2 is 0.932 bits per heavy atom. The zero-order chi connectivity index (χ0) is 35.8. The van der Waals surface area contributed by atoms with Gasteiger partial charge in [0.05, 0.1) is 0 Å². The van der Waals surface area contributed by atoms with Crippen molar-refractivity contribution in [2.45, 2.75) is 67.7 Å². The molecule has 1 atom stereocenters. The van der Waals surface area contributed by atoms with Crippen molar-refractivity contribution >= 4 is 11.9 Å². The highest BCUT2D eigenvalue weighted by Gasteiger charge is 2.85. The van der Waals surface area contributed by atoms with E-state index in [4.69, 9.17) is 0 Å². The molecule has 0 saturated heterocycles. The second-order valence-electron chi connectivity index (χ2n) is 7.68. The van der Waals surface area contributed by atoms with E-state index in [9.17, 15) is 98.1 Å². The second-order valence-corrected chi connectivity index (χ2v) is 7.68. The molecule has 0 radical (unpaired) electrons. The fraction of sp³-hybridized carbons (Fsp3) is 0.765. The minimum atomic E-state index is -8.25. The summed E-state index contributed by atoms with van der Waals surface area (Å²) >= 11 is 0. The third-order valence-corrected chi connectivity index (χ3v) is 3.96. The van der Waals surface area contributed by atoms with Crippen LogP contribution in [0.15, 0.2) is 12.2 Å². The molecule has 0 heterocycles. The molecule has 0 spiro atoms. The summed E-state index contributed by atoms with van der Waals surface area (Å²) in [6.45, 7) is 1.18. The molecule has 1 N–H and O–H groups in total. The molecule has 0 fully saturated rings. The van der Waals surface area contributed by atoms with Crippen molar-refractivity contribution < 1.29 is 122 Å². The van der Waals surface area contributed by atoms with Crippen LogP contribution in [0.3, 0.4) is 0 Å². The molecule has 44 heavy (non-hydrogen) atoms. The lowest BCUT2D eigenvalue weighted by molar-refractivity contribution is -0.567. The van der Waals surface area contributed by atoms with Gasteiger partial charge in [0.15, 0.2) is 0 Å². The van der Waals surface area contributed by atoms with Gasteiger partial charge in [-0.05, 0) is 6.92 Å². The summed E-state index contributed by atoms with van der Waals surface area (Å²) in [6, 6.07) is 0. The summed E-state index contributed by atoms with van der Waals surface area (Å²) in [5, 5.41) is 9.25. The van der Waals surface area contributed by atoms with Crippen LogP contribution >= 0.6 is 0 Å². The van der Waals surface area contributed by atoms with E-state index in [1.807, 2.05) is 4.74 Å². The van der Waals surface area contributed by atoms with Gasteiger partial charge in [0.2, 0.25) is 0 Å². The minimum absolute atomic E-state index is 0.302. The minimum Gasteiger partial charge on any atom is -0.459 e. The molecule has 0 rings (SSSR count). The summed E-state index contributed by atoms with van der Waals surface area (Å²) in [5.74, 6) is -21.1. The Balaban J connectivity index is 5.83. The van der Waals surface area contributed by atoms with Gasteiger partial charge in [-0.1, -0.05) is 6.58 Å². The summed E-state index contributed by atoms with van der Waals surface area (Å²) in [5.41, 5.74) is -0.302. The van der Waals surface area contributed by atoms with Crippen LogP contribution in [0.25, 0.3) is 0 Å². The van der Waals surface area contributed by atoms with Crippen LogP contribution in [0, 0.1) is 0 Å². The third-order valence-electron chi connectivity index (χ3n) is 3.96. The largest absolute Gasteiger partial charge is 0.460 e. The van der Waals surface area contributed by atoms with E-state index >= 15 is 0 Å². The molecule has 8 nitrogen and oxygen atoms in total. The number of aliphatic hydroxyl groups is 1. The number of aliphatic hydroxyl groups excluding tert-OH is 1. The molecule has 0 aliphatic carbocycles. The van der Waals surface area contributed by atoms with Crippen molar-refractivity contribution in [3.8, 4) is 0 Å². The lowest BCUT2D eigenvalue weighted by atomic mass is 10.1. The molecule has 0 amide bonds. The highest BCUT2D eigenvalue weighted by atomic mass is 19.4. The highest BCUT2D eigenvalue weighted by Crippen LogP contribution is 2.56. The molecule has 0 saturated carbocycles. The molecule has 0 aliphatic heterocycles. The van der Waals surface area contributed by atoms with E-state index < -0.39 is 85.9 Å². The molecule has 260 valence electrons. The van der Waals surface area contributed by atoms with Crippen molar-refractivity contribution in [3.05, 3.63) is 12.2 Å². The molecule has 0 aromatic carbocycles. The quantitative estimate of drug-likeness (QED) is 0.129. The standard InChI is InChI=1S/C17H11F19O8/c1-5(2)7(38)40-3-6(37)4-41-8(39)9(18,19)42-14(29,30)15(31,32)44-17(35,36)16(33,34)43-13(27,28)11(22,23)10(20,21)12(24,25)26/h6,37H,1,3-4H2,2H3. The third kappa shape index (κ3) is 8.89. The van der Waals surface area contributed by atoms with E-state index in [0.29, 0.717) is 0 Å². The predicted octanol–water partition coefficient (Wildman–Crippen LogP) is 5.45. The topological polar surface area (TPSA) is 101 Å². The summed E-state index contributed by atoms with van der Waals surface area (Å²) in [7, 11) is 0. The SMILES string of the molecule is C=C(C)C(=O)OCC(O)COC(=O)C(F)(F)OC(F)(F)C(F)(F)OC(F)(F)C(F)(F)OC(F)(F)C(F)(F)C(F)(F)C(F)(F)F. The van der Waals surface area contributed by atoms with Crippen LogP contribution < -0.4 is 0 Å². The van der Waals surface area contributed by atoms with Crippen molar-refractivity contribution in [1.29, 1.82) is 0 Å². The van der Waals surface area contributed by atoms with Gasteiger partial charge in [-0.3, -0.25) is 0 Å². The molecular weight excluding hydrogens is 693 g/mol. The van der Waals surface area contributed by atoms with E-state index in [0.717, 1.165) is 11.7 Å². The first-order chi connectivity index (χ1) is 19.0. The van der Waals surface area contributed by atoms with Gasteiger partial charge >= 0.3 is 66.6 Å². The summed E-state index contributed by atoms with van der Waals surface area (Å²) < 4.78 is 259. The number of esters is 2. The Morgan fingerprint density at radius 3 is 1.30 bits per heavy atom. The first kappa shape index (κ1) is 41.2. The van der Waals surface area contributed by atoms with Crippen molar-refractivity contribution in [3.63, 3.8) is 0 Å². The summed E-state index contributed by atoms with van der Waals surface area (Å²) in [6.07, 6.45) is -55.7. The Labute approximate surface area is 228 Å². The average Bonchev–Trinajstić information content (AvgIpc) is 2.77. The number of carbonyl (C=O) groups is 2. The van der Waals surface area contributed by atoms with Crippen molar-refractivity contribution in [2.75, 3.05) is 13.2 Å². The maximum Gasteiger partial charge on any atom is 0.460 e. The van der Waals surface area contributed by atoms with Crippen LogP contribution in [0.5, 0.6) is 0 Å². The smallest absolute Gasteiger partial charge is 0.459 e. The van der Waals surface area contributed by atoms with Gasteiger partial charge in [0, 0.05) is 5.57 Å². The lowest BCUT2D eigenvalue weighted by Crippen LogP contribution is -2.65. The zero-order valence-corrected chi connectivity index (χ0v) is 20.2. The first-order valence-electron chi connectivity index (χ1n) is 9.89. The van der Waals surface area contributed by atoms with Gasteiger partial charge in [-0.15, -0.1) is 0 Å². The van der Waals surface area contributed by atoms with Gasteiger partial charge in [-0.2, -0.15) is 83.4 Å². The number of hydrogen-bond donors (Lipinski definition) is 1. The lowest BCUT2D eigenvalue weighted by Gasteiger charge is -2.37. The van der Waals surface area contributed by atoms with E-state index in [2.05, 4.69) is 16.1 Å². The molecule has 0 aliphatic rings. The number of halogens is 19. The van der Waals surface area contributed by atoms with Crippen LogP contribution in [0.4, 0.5) is 83.4 Å². The number of ether oxygens (including phenoxy) is 5. The number of alkyl halides is 19. The number of carbonyl (C=O) groups excluding carboxylic acids is 2. The molecule has 27 heteroatoms. The fourth-order valence-corrected chi connectivity index (χ4v) is 1.79. The second kappa shape index (κ2) is 12.5. The van der Waals surface area contributed by atoms with Crippen LogP contribution in [-0.4, -0.2) is 91.0 Å². The zero-order valence-electron chi connectivity index (χ0n) is 20.2. The molecule has 1 unspecified atom stereocenters. The maximum atomic E-state index is 13.5. The highest BCUT2D eigenvalue weighted by molar-refractivity contribution is 5.86. The van der Waals surface area contributed by atoms with Crippen LogP contribution in [0.2, 0.25) is 0 Å².